The van der Waals surface area contributed by atoms with Gasteiger partial charge >= 0.3 is 11.9 Å². The smallest absolute Gasteiger partial charge is 0.305 e. The van der Waals surface area contributed by atoms with E-state index in [-0.39, 0.29) is 24.1 Å². The lowest BCUT2D eigenvalue weighted by Crippen LogP contribution is -2.30. The summed E-state index contributed by atoms with van der Waals surface area (Å²) >= 11 is 0. The van der Waals surface area contributed by atoms with Gasteiger partial charge in [-0.3, -0.25) is 9.59 Å². The number of hydrogen-bond donors (Lipinski definition) is 0. The second kappa shape index (κ2) is 5.73. The van der Waals surface area contributed by atoms with E-state index in [0.717, 1.165) is 19.3 Å². The van der Waals surface area contributed by atoms with Crippen LogP contribution in [0.4, 0.5) is 0 Å². The van der Waals surface area contributed by atoms with Gasteiger partial charge in [0.2, 0.25) is 0 Å². The highest BCUT2D eigenvalue weighted by Crippen LogP contribution is 2.25. The Morgan fingerprint density at radius 1 is 1.00 bits per heavy atom. The Kier molecular flexibility index (Phi) is 4.59. The highest BCUT2D eigenvalue weighted by Gasteiger charge is 2.32. The molecule has 1 aliphatic carbocycles. The summed E-state index contributed by atoms with van der Waals surface area (Å²) in [5.41, 5.74) is 0. The Balaban J connectivity index is 2.42. The fourth-order valence-corrected chi connectivity index (χ4v) is 1.67. The number of rotatable bonds is 4. The predicted octanol–water partition coefficient (Wildman–Crippen LogP) is 1.81. The van der Waals surface area contributed by atoms with Crippen LogP contribution >= 0.6 is 0 Å². The van der Waals surface area contributed by atoms with Gasteiger partial charge in [0.1, 0.15) is 12.2 Å². The van der Waals surface area contributed by atoms with Gasteiger partial charge in [0.25, 0.3) is 0 Å². The second-order valence-electron chi connectivity index (χ2n) is 3.69. The van der Waals surface area contributed by atoms with Crippen molar-refractivity contribution in [3.8, 4) is 0 Å². The van der Waals surface area contributed by atoms with Crippen molar-refractivity contribution in [2.24, 2.45) is 0 Å². The molecule has 0 amide bonds. The Bertz CT molecular complexity index is 213. The summed E-state index contributed by atoms with van der Waals surface area (Å²) in [6.07, 6.45) is 2.82. The van der Waals surface area contributed by atoms with Gasteiger partial charge in [-0.05, 0) is 19.3 Å². The highest BCUT2D eigenvalue weighted by molar-refractivity contribution is 5.70. The molecule has 1 saturated carbocycles. The molecule has 0 N–H and O–H groups in total. The number of esters is 2. The van der Waals surface area contributed by atoms with Crippen molar-refractivity contribution in [1.82, 2.24) is 0 Å². The average Bonchev–Trinajstić information content (AvgIpc) is 2.65. The third-order valence-electron chi connectivity index (χ3n) is 2.53. The largest absolute Gasteiger partial charge is 0.458 e. The average molecular weight is 214 g/mol. The van der Waals surface area contributed by atoms with Crippen LogP contribution in [0, 0.1) is 0 Å². The van der Waals surface area contributed by atoms with E-state index in [4.69, 9.17) is 9.47 Å². The maximum Gasteiger partial charge on any atom is 0.305 e. The van der Waals surface area contributed by atoms with Crippen molar-refractivity contribution < 1.29 is 19.1 Å². The fraction of sp³-hybridized carbons (Fsp3) is 0.818. The van der Waals surface area contributed by atoms with Gasteiger partial charge in [0.15, 0.2) is 0 Å². The molecule has 0 aliphatic heterocycles. The topological polar surface area (TPSA) is 52.6 Å². The van der Waals surface area contributed by atoms with Gasteiger partial charge in [0.05, 0.1) is 0 Å². The Labute approximate surface area is 89.9 Å². The van der Waals surface area contributed by atoms with Crippen LogP contribution < -0.4 is 0 Å². The maximum absolute atomic E-state index is 11.1. The number of carbonyl (C=O) groups is 2. The zero-order chi connectivity index (χ0) is 11.3. The molecule has 1 aliphatic rings. The molecule has 86 valence electrons. The van der Waals surface area contributed by atoms with E-state index in [9.17, 15) is 9.59 Å². The quantitative estimate of drug-likeness (QED) is 0.670. The minimum Gasteiger partial charge on any atom is -0.458 e. The molecule has 2 atom stereocenters. The molecule has 4 heteroatoms. The molecule has 0 unspecified atom stereocenters. The minimum absolute atomic E-state index is 0.223. The fourth-order valence-electron chi connectivity index (χ4n) is 1.67. The maximum atomic E-state index is 11.1. The minimum atomic E-state index is -0.229. The number of carbonyl (C=O) groups excluding carboxylic acids is 2. The molecule has 0 aromatic carbocycles. The molecule has 1 rings (SSSR count). The molecule has 0 aromatic heterocycles. The molecular weight excluding hydrogens is 196 g/mol. The summed E-state index contributed by atoms with van der Waals surface area (Å²) in [6.45, 7) is 3.51. The molecular formula is C11H18O4. The van der Waals surface area contributed by atoms with Crippen LogP contribution in [-0.4, -0.2) is 24.1 Å². The Hall–Kier alpha value is -1.06. The third-order valence-corrected chi connectivity index (χ3v) is 2.53. The van der Waals surface area contributed by atoms with E-state index in [1.165, 1.54) is 0 Å². The van der Waals surface area contributed by atoms with Gasteiger partial charge in [0, 0.05) is 12.8 Å². The van der Waals surface area contributed by atoms with Crippen molar-refractivity contribution in [1.29, 1.82) is 0 Å². The van der Waals surface area contributed by atoms with Crippen molar-refractivity contribution in [3.05, 3.63) is 0 Å². The highest BCUT2D eigenvalue weighted by atomic mass is 16.6. The van der Waals surface area contributed by atoms with Gasteiger partial charge in [-0.15, -0.1) is 0 Å². The first-order chi connectivity index (χ1) is 7.17. The van der Waals surface area contributed by atoms with E-state index < -0.39 is 0 Å². The van der Waals surface area contributed by atoms with Crippen LogP contribution in [0.5, 0.6) is 0 Å². The molecule has 1 fully saturated rings. The Morgan fingerprint density at radius 2 is 1.40 bits per heavy atom. The van der Waals surface area contributed by atoms with Crippen molar-refractivity contribution >= 4 is 11.9 Å². The van der Waals surface area contributed by atoms with E-state index in [1.54, 1.807) is 13.8 Å². The van der Waals surface area contributed by atoms with E-state index in [0.29, 0.717) is 12.8 Å². The number of ether oxygens (including phenoxy) is 2. The molecule has 4 nitrogen and oxygen atoms in total. The zero-order valence-corrected chi connectivity index (χ0v) is 9.32. The first-order valence-corrected chi connectivity index (χ1v) is 5.56. The summed E-state index contributed by atoms with van der Waals surface area (Å²) in [6, 6.07) is 0. The van der Waals surface area contributed by atoms with Crippen LogP contribution in [-0.2, 0) is 19.1 Å². The molecule has 0 spiro atoms. The van der Waals surface area contributed by atoms with E-state index in [1.807, 2.05) is 0 Å². The monoisotopic (exact) mass is 214 g/mol. The van der Waals surface area contributed by atoms with Gasteiger partial charge in [-0.1, -0.05) is 13.8 Å². The molecule has 0 bridgehead atoms. The van der Waals surface area contributed by atoms with Crippen LogP contribution in [0.3, 0.4) is 0 Å². The van der Waals surface area contributed by atoms with Crippen LogP contribution in [0.2, 0.25) is 0 Å². The van der Waals surface area contributed by atoms with Crippen LogP contribution in [0.1, 0.15) is 46.0 Å². The summed E-state index contributed by atoms with van der Waals surface area (Å²) in [5, 5.41) is 0. The summed E-state index contributed by atoms with van der Waals surface area (Å²) < 4.78 is 10.4. The standard InChI is InChI=1S/C11H18O4/c1-3-10(12)14-8-6-5-7-9(8)15-11(13)4-2/h8-9H,3-7H2,1-2H3/t8-,9-/m1/s1. The molecule has 0 radical (unpaired) electrons. The lowest BCUT2D eigenvalue weighted by molar-refractivity contribution is -0.164. The summed E-state index contributed by atoms with van der Waals surface area (Å²) in [7, 11) is 0. The van der Waals surface area contributed by atoms with E-state index >= 15 is 0 Å². The summed E-state index contributed by atoms with van der Waals surface area (Å²) in [5.74, 6) is -0.445. The van der Waals surface area contributed by atoms with Crippen LogP contribution in [0.25, 0.3) is 0 Å². The Morgan fingerprint density at radius 3 is 1.73 bits per heavy atom. The second-order valence-corrected chi connectivity index (χ2v) is 3.69. The first kappa shape index (κ1) is 12.0. The van der Waals surface area contributed by atoms with Gasteiger partial charge < -0.3 is 9.47 Å². The van der Waals surface area contributed by atoms with E-state index in [2.05, 4.69) is 0 Å². The third kappa shape index (κ3) is 3.53. The van der Waals surface area contributed by atoms with Crippen LogP contribution in [0.15, 0.2) is 0 Å². The van der Waals surface area contributed by atoms with Gasteiger partial charge in [-0.2, -0.15) is 0 Å². The predicted molar refractivity (Wildman–Crippen MR) is 54.2 cm³/mol. The van der Waals surface area contributed by atoms with Gasteiger partial charge in [-0.25, -0.2) is 0 Å². The molecule has 0 aromatic rings. The van der Waals surface area contributed by atoms with Crippen molar-refractivity contribution in [3.63, 3.8) is 0 Å². The molecule has 0 heterocycles. The lowest BCUT2D eigenvalue weighted by atomic mass is 10.2. The normalized spacial score (nSPS) is 24.9. The van der Waals surface area contributed by atoms with Crippen molar-refractivity contribution in [2.75, 3.05) is 0 Å². The lowest BCUT2D eigenvalue weighted by Gasteiger charge is -2.19. The molecule has 0 saturated heterocycles. The number of hydrogen-bond acceptors (Lipinski definition) is 4. The zero-order valence-electron chi connectivity index (χ0n) is 9.32. The SMILES string of the molecule is CCC(=O)O[C@@H]1CCC[C@H]1OC(=O)CC. The van der Waals surface area contributed by atoms with Crippen molar-refractivity contribution in [2.45, 2.75) is 58.2 Å². The first-order valence-electron chi connectivity index (χ1n) is 5.56. The summed E-state index contributed by atoms with van der Waals surface area (Å²) in [4.78, 5) is 22.2. The molecule has 15 heavy (non-hydrogen) atoms.